The van der Waals surface area contributed by atoms with Crippen molar-refractivity contribution >= 4 is 29.2 Å². The molecule has 0 radical (unpaired) electrons. The third-order valence-corrected chi connectivity index (χ3v) is 7.34. The van der Waals surface area contributed by atoms with Crippen molar-refractivity contribution in [2.75, 3.05) is 24.6 Å². The standard InChI is InChI=1S/C27H36BrN2O4P/c1-20(2)16-23-10-8-21(18-25(23)28)6-3-13-30-26-11-9-22(17-24(26)27-7-4-14-34-27)19-29-12-5-15-35(31,32)33/h4,7-11,14,17-18,20,29-30H,3,5-6,12-13,15-16,19H2,1-2H3,(H2,31,32,33). The highest BCUT2D eigenvalue weighted by Gasteiger charge is 2.12. The lowest BCUT2D eigenvalue weighted by molar-refractivity contribution is 0.371. The number of halogens is 1. The fraction of sp³-hybridized carbons (Fsp3) is 0.407. The summed E-state index contributed by atoms with van der Waals surface area (Å²) in [5.74, 6) is 1.44. The van der Waals surface area contributed by atoms with Gasteiger partial charge in [-0.05, 0) is 85.2 Å². The van der Waals surface area contributed by atoms with Crippen molar-refractivity contribution in [3.63, 3.8) is 0 Å². The summed E-state index contributed by atoms with van der Waals surface area (Å²) in [4.78, 5) is 18.0. The summed E-state index contributed by atoms with van der Waals surface area (Å²) in [5, 5.41) is 6.82. The number of hydrogen-bond acceptors (Lipinski definition) is 4. The van der Waals surface area contributed by atoms with E-state index in [0.717, 1.165) is 48.4 Å². The summed E-state index contributed by atoms with van der Waals surface area (Å²) in [6, 6.07) is 16.8. The van der Waals surface area contributed by atoms with Crippen molar-refractivity contribution in [3.8, 4) is 11.3 Å². The van der Waals surface area contributed by atoms with Crippen LogP contribution >= 0.6 is 23.5 Å². The second-order valence-corrected chi connectivity index (χ2v) is 12.0. The zero-order valence-corrected chi connectivity index (χ0v) is 22.9. The first-order valence-electron chi connectivity index (χ1n) is 12.1. The van der Waals surface area contributed by atoms with Crippen LogP contribution in [0.2, 0.25) is 0 Å². The van der Waals surface area contributed by atoms with Crippen LogP contribution in [-0.2, 0) is 24.0 Å². The molecular formula is C27H36BrN2O4P. The first-order valence-corrected chi connectivity index (χ1v) is 14.7. The number of benzene rings is 2. The van der Waals surface area contributed by atoms with Gasteiger partial charge in [0.05, 0.1) is 12.4 Å². The summed E-state index contributed by atoms with van der Waals surface area (Å²) in [6.45, 7) is 6.50. The number of hydrogen-bond donors (Lipinski definition) is 4. The van der Waals surface area contributed by atoms with Gasteiger partial charge in [0.2, 0.25) is 0 Å². The Bertz CT molecular complexity index is 1110. The average Bonchev–Trinajstić information content (AvgIpc) is 3.32. The minimum absolute atomic E-state index is 0.0977. The summed E-state index contributed by atoms with van der Waals surface area (Å²) in [7, 11) is -3.93. The molecule has 0 amide bonds. The Morgan fingerprint density at radius 2 is 1.83 bits per heavy atom. The van der Waals surface area contributed by atoms with Crippen molar-refractivity contribution in [2.24, 2.45) is 5.92 Å². The monoisotopic (exact) mass is 562 g/mol. The highest BCUT2D eigenvalue weighted by atomic mass is 79.9. The third-order valence-electron chi connectivity index (χ3n) is 5.71. The van der Waals surface area contributed by atoms with Crippen LogP contribution in [0.5, 0.6) is 0 Å². The van der Waals surface area contributed by atoms with E-state index in [9.17, 15) is 4.57 Å². The van der Waals surface area contributed by atoms with Gasteiger partial charge < -0.3 is 24.8 Å². The van der Waals surface area contributed by atoms with Gasteiger partial charge in [-0.1, -0.05) is 48.0 Å². The van der Waals surface area contributed by atoms with Crippen LogP contribution in [0.1, 0.15) is 43.4 Å². The molecule has 0 aliphatic heterocycles. The number of furan rings is 1. The van der Waals surface area contributed by atoms with Gasteiger partial charge in [-0.15, -0.1) is 0 Å². The molecule has 35 heavy (non-hydrogen) atoms. The van der Waals surface area contributed by atoms with Gasteiger partial charge in [-0.25, -0.2) is 0 Å². The second kappa shape index (κ2) is 13.4. The molecule has 3 aromatic rings. The Morgan fingerprint density at radius 3 is 2.51 bits per heavy atom. The smallest absolute Gasteiger partial charge is 0.325 e. The van der Waals surface area contributed by atoms with Gasteiger partial charge in [0.15, 0.2) is 0 Å². The van der Waals surface area contributed by atoms with Crippen molar-refractivity contribution in [2.45, 2.75) is 46.1 Å². The predicted octanol–water partition coefficient (Wildman–Crippen LogP) is 6.61. The fourth-order valence-corrected chi connectivity index (χ4v) is 5.16. The Kier molecular flexibility index (Phi) is 10.6. The minimum Gasteiger partial charge on any atom is -0.464 e. The predicted molar refractivity (Wildman–Crippen MR) is 147 cm³/mol. The summed E-state index contributed by atoms with van der Waals surface area (Å²) in [6.07, 6.45) is 5.10. The zero-order chi connectivity index (χ0) is 25.3. The molecular weight excluding hydrogens is 527 g/mol. The molecule has 0 aliphatic rings. The normalized spacial score (nSPS) is 11.8. The molecule has 0 spiro atoms. The Morgan fingerprint density at radius 1 is 1.03 bits per heavy atom. The van der Waals surface area contributed by atoms with E-state index in [1.165, 1.54) is 15.6 Å². The first kappa shape index (κ1) is 27.7. The third kappa shape index (κ3) is 9.59. The van der Waals surface area contributed by atoms with Crippen LogP contribution in [0.3, 0.4) is 0 Å². The van der Waals surface area contributed by atoms with Crippen molar-refractivity contribution in [1.82, 2.24) is 5.32 Å². The number of nitrogens with one attached hydrogen (secondary N) is 2. The van der Waals surface area contributed by atoms with Gasteiger partial charge in [0.1, 0.15) is 5.76 Å². The fourth-order valence-electron chi connectivity index (χ4n) is 4.00. The number of rotatable bonds is 14. The zero-order valence-electron chi connectivity index (χ0n) is 20.5. The molecule has 0 unspecified atom stereocenters. The summed E-state index contributed by atoms with van der Waals surface area (Å²) in [5.41, 5.74) is 5.81. The maximum absolute atomic E-state index is 11.0. The number of anilines is 1. The Labute approximate surface area is 216 Å². The van der Waals surface area contributed by atoms with Crippen molar-refractivity contribution in [1.29, 1.82) is 0 Å². The van der Waals surface area contributed by atoms with Crippen LogP contribution in [0.4, 0.5) is 5.69 Å². The van der Waals surface area contributed by atoms with Gasteiger partial charge in [-0.2, -0.15) is 0 Å². The molecule has 0 atom stereocenters. The van der Waals surface area contributed by atoms with E-state index in [1.807, 2.05) is 12.1 Å². The lowest BCUT2D eigenvalue weighted by atomic mass is 10.0. The molecule has 4 N–H and O–H groups in total. The molecule has 0 bridgehead atoms. The van der Waals surface area contributed by atoms with E-state index in [0.29, 0.717) is 25.4 Å². The molecule has 2 aromatic carbocycles. The van der Waals surface area contributed by atoms with E-state index in [1.54, 1.807) is 6.26 Å². The Balaban J connectivity index is 1.55. The summed E-state index contributed by atoms with van der Waals surface area (Å²) >= 11 is 3.73. The molecule has 8 heteroatoms. The van der Waals surface area contributed by atoms with E-state index in [4.69, 9.17) is 14.2 Å². The molecule has 3 rings (SSSR count). The molecule has 0 fully saturated rings. The number of aryl methyl sites for hydroxylation is 1. The van der Waals surface area contributed by atoms with Gasteiger partial charge in [-0.3, -0.25) is 4.57 Å². The van der Waals surface area contributed by atoms with Crippen LogP contribution in [-0.4, -0.2) is 29.0 Å². The molecule has 0 aliphatic carbocycles. The molecule has 1 aromatic heterocycles. The molecule has 6 nitrogen and oxygen atoms in total. The van der Waals surface area contributed by atoms with E-state index in [-0.39, 0.29) is 6.16 Å². The average molecular weight is 563 g/mol. The lowest BCUT2D eigenvalue weighted by Gasteiger charge is -2.14. The van der Waals surface area contributed by atoms with Crippen LogP contribution in [0.15, 0.2) is 63.7 Å². The van der Waals surface area contributed by atoms with Crippen molar-refractivity contribution < 1.29 is 18.8 Å². The molecule has 1 heterocycles. The molecule has 0 saturated carbocycles. The lowest BCUT2D eigenvalue weighted by Crippen LogP contribution is -2.16. The summed E-state index contributed by atoms with van der Waals surface area (Å²) < 4.78 is 17.8. The quantitative estimate of drug-likeness (QED) is 0.130. The van der Waals surface area contributed by atoms with E-state index >= 15 is 0 Å². The van der Waals surface area contributed by atoms with Crippen LogP contribution < -0.4 is 10.6 Å². The van der Waals surface area contributed by atoms with Crippen molar-refractivity contribution in [3.05, 3.63) is 76.0 Å². The van der Waals surface area contributed by atoms with Gasteiger partial charge in [0, 0.05) is 28.8 Å². The second-order valence-electron chi connectivity index (χ2n) is 9.33. The van der Waals surface area contributed by atoms with E-state index in [2.05, 4.69) is 76.8 Å². The maximum Gasteiger partial charge on any atom is 0.325 e. The SMILES string of the molecule is CC(C)Cc1ccc(CCCNc2ccc(CNCCCP(=O)(O)O)cc2-c2ccco2)cc1Br. The van der Waals surface area contributed by atoms with E-state index < -0.39 is 7.60 Å². The largest absolute Gasteiger partial charge is 0.464 e. The van der Waals surface area contributed by atoms with Gasteiger partial charge >= 0.3 is 7.60 Å². The van der Waals surface area contributed by atoms with Gasteiger partial charge in [0.25, 0.3) is 0 Å². The molecule has 190 valence electrons. The maximum atomic E-state index is 11.0. The molecule has 0 saturated heterocycles. The van der Waals surface area contributed by atoms with Crippen LogP contribution in [0.25, 0.3) is 11.3 Å². The minimum atomic E-state index is -3.93. The first-order chi connectivity index (χ1) is 16.7. The topological polar surface area (TPSA) is 94.7 Å². The Hall–Kier alpha value is -1.89. The van der Waals surface area contributed by atoms with Crippen LogP contribution in [0, 0.1) is 5.92 Å². The highest BCUT2D eigenvalue weighted by Crippen LogP contribution is 2.34. The highest BCUT2D eigenvalue weighted by molar-refractivity contribution is 9.10.